The molecule has 1 aromatic rings. The SMILES string of the molecule is CCCN=C(NN)Nc1cc(F)cc(Cl)c1. The van der Waals surface area contributed by atoms with Crippen molar-refractivity contribution in [2.24, 2.45) is 10.8 Å². The van der Waals surface area contributed by atoms with Gasteiger partial charge in [0.15, 0.2) is 0 Å². The molecule has 0 unspecified atom stereocenters. The molecule has 0 spiro atoms. The molecule has 0 amide bonds. The van der Waals surface area contributed by atoms with Gasteiger partial charge in [-0.05, 0) is 24.6 Å². The van der Waals surface area contributed by atoms with Gasteiger partial charge >= 0.3 is 0 Å². The van der Waals surface area contributed by atoms with Gasteiger partial charge in [0.05, 0.1) is 0 Å². The monoisotopic (exact) mass is 244 g/mol. The zero-order chi connectivity index (χ0) is 12.0. The van der Waals surface area contributed by atoms with E-state index in [1.165, 1.54) is 12.1 Å². The molecule has 6 heteroatoms. The predicted octanol–water partition coefficient (Wildman–Crippen LogP) is 2.12. The molecule has 0 atom stereocenters. The fourth-order valence-electron chi connectivity index (χ4n) is 1.11. The summed E-state index contributed by atoms with van der Waals surface area (Å²) in [5.74, 6) is 5.23. The van der Waals surface area contributed by atoms with Crippen LogP contribution in [-0.2, 0) is 0 Å². The van der Waals surface area contributed by atoms with Crippen LogP contribution < -0.4 is 16.6 Å². The smallest absolute Gasteiger partial charge is 0.210 e. The molecule has 0 aliphatic carbocycles. The zero-order valence-corrected chi connectivity index (χ0v) is 9.68. The molecule has 1 aromatic carbocycles. The quantitative estimate of drug-likeness (QED) is 0.330. The molecule has 0 bridgehead atoms. The van der Waals surface area contributed by atoms with Crippen molar-refractivity contribution in [2.45, 2.75) is 13.3 Å². The van der Waals surface area contributed by atoms with Gasteiger partial charge in [-0.1, -0.05) is 18.5 Å². The Balaban J connectivity index is 2.77. The first-order chi connectivity index (χ1) is 7.65. The third-order valence-corrected chi connectivity index (χ3v) is 1.97. The fraction of sp³-hybridized carbons (Fsp3) is 0.300. The van der Waals surface area contributed by atoms with Crippen molar-refractivity contribution in [2.75, 3.05) is 11.9 Å². The van der Waals surface area contributed by atoms with Crippen LogP contribution in [0.1, 0.15) is 13.3 Å². The molecule has 0 aliphatic heterocycles. The Hall–Kier alpha value is -1.33. The maximum atomic E-state index is 13.0. The van der Waals surface area contributed by atoms with Crippen LogP contribution in [0.15, 0.2) is 23.2 Å². The first-order valence-corrected chi connectivity index (χ1v) is 5.27. The third-order valence-electron chi connectivity index (χ3n) is 1.76. The summed E-state index contributed by atoms with van der Waals surface area (Å²) < 4.78 is 13.0. The molecule has 0 radical (unpaired) electrons. The molecule has 0 aliphatic rings. The molecule has 0 fully saturated rings. The number of hydrazine groups is 1. The number of halogens is 2. The Labute approximate surface area is 98.7 Å². The van der Waals surface area contributed by atoms with Gasteiger partial charge in [-0.2, -0.15) is 0 Å². The van der Waals surface area contributed by atoms with E-state index in [4.69, 9.17) is 17.4 Å². The topological polar surface area (TPSA) is 62.4 Å². The Morgan fingerprint density at radius 1 is 1.50 bits per heavy atom. The summed E-state index contributed by atoms with van der Waals surface area (Å²) in [6.07, 6.45) is 0.900. The summed E-state index contributed by atoms with van der Waals surface area (Å²) in [5, 5.41) is 3.15. The van der Waals surface area contributed by atoms with Crippen LogP contribution in [0.4, 0.5) is 10.1 Å². The van der Waals surface area contributed by atoms with E-state index in [1.807, 2.05) is 6.92 Å². The number of hydrogen-bond donors (Lipinski definition) is 3. The van der Waals surface area contributed by atoms with Gasteiger partial charge in [0.2, 0.25) is 5.96 Å². The van der Waals surface area contributed by atoms with Crippen molar-refractivity contribution in [3.8, 4) is 0 Å². The van der Waals surface area contributed by atoms with Crippen molar-refractivity contribution in [1.29, 1.82) is 0 Å². The highest BCUT2D eigenvalue weighted by Crippen LogP contribution is 2.17. The van der Waals surface area contributed by atoms with Gasteiger partial charge in [-0.25, -0.2) is 10.2 Å². The Bertz CT molecular complexity index is 361. The van der Waals surface area contributed by atoms with Gasteiger partial charge in [-0.3, -0.25) is 10.4 Å². The van der Waals surface area contributed by atoms with Crippen LogP contribution in [0.25, 0.3) is 0 Å². The van der Waals surface area contributed by atoms with Crippen LogP contribution in [0.5, 0.6) is 0 Å². The second-order valence-electron chi connectivity index (χ2n) is 3.16. The van der Waals surface area contributed by atoms with Gasteiger partial charge in [-0.15, -0.1) is 0 Å². The summed E-state index contributed by atoms with van der Waals surface area (Å²) in [6.45, 7) is 2.63. The van der Waals surface area contributed by atoms with E-state index >= 15 is 0 Å². The molecule has 16 heavy (non-hydrogen) atoms. The minimum absolute atomic E-state index is 0.314. The van der Waals surface area contributed by atoms with Crippen molar-refractivity contribution in [3.63, 3.8) is 0 Å². The number of nitrogens with one attached hydrogen (secondary N) is 2. The molecule has 0 saturated heterocycles. The predicted molar refractivity (Wildman–Crippen MR) is 64.9 cm³/mol. The summed E-state index contributed by atoms with van der Waals surface area (Å²) in [6, 6.07) is 4.12. The summed E-state index contributed by atoms with van der Waals surface area (Å²) in [5.41, 5.74) is 2.90. The highest BCUT2D eigenvalue weighted by molar-refractivity contribution is 6.30. The second-order valence-corrected chi connectivity index (χ2v) is 3.59. The van der Waals surface area contributed by atoms with Crippen molar-refractivity contribution in [3.05, 3.63) is 29.0 Å². The normalized spacial score (nSPS) is 11.4. The first kappa shape index (κ1) is 12.7. The largest absolute Gasteiger partial charge is 0.325 e. The van der Waals surface area contributed by atoms with E-state index in [2.05, 4.69) is 15.7 Å². The van der Waals surface area contributed by atoms with Gasteiger partial charge in [0, 0.05) is 17.3 Å². The maximum Gasteiger partial charge on any atom is 0.210 e. The Morgan fingerprint density at radius 2 is 2.25 bits per heavy atom. The lowest BCUT2D eigenvalue weighted by Crippen LogP contribution is -2.36. The summed E-state index contributed by atoms with van der Waals surface area (Å²) in [7, 11) is 0. The Morgan fingerprint density at radius 3 is 2.81 bits per heavy atom. The number of anilines is 1. The molecule has 4 N–H and O–H groups in total. The number of rotatable bonds is 3. The lowest BCUT2D eigenvalue weighted by molar-refractivity contribution is 0.628. The number of nitrogens with two attached hydrogens (primary N) is 1. The van der Waals surface area contributed by atoms with Crippen molar-refractivity contribution in [1.82, 2.24) is 5.43 Å². The van der Waals surface area contributed by atoms with Gasteiger partial charge in [0.1, 0.15) is 5.82 Å². The van der Waals surface area contributed by atoms with Crippen LogP contribution in [0, 0.1) is 5.82 Å². The van der Waals surface area contributed by atoms with E-state index in [-0.39, 0.29) is 0 Å². The maximum absolute atomic E-state index is 13.0. The number of benzene rings is 1. The van der Waals surface area contributed by atoms with Crippen molar-refractivity contribution >= 4 is 23.2 Å². The first-order valence-electron chi connectivity index (χ1n) is 4.90. The number of aliphatic imine (C=N–C) groups is 1. The van der Waals surface area contributed by atoms with E-state index in [0.717, 1.165) is 6.42 Å². The molecular formula is C10H14ClFN4. The second kappa shape index (κ2) is 6.30. The average Bonchev–Trinajstić information content (AvgIpc) is 2.22. The minimum Gasteiger partial charge on any atom is -0.325 e. The van der Waals surface area contributed by atoms with E-state index in [0.29, 0.717) is 23.2 Å². The summed E-state index contributed by atoms with van der Waals surface area (Å²) >= 11 is 5.71. The van der Waals surface area contributed by atoms with Gasteiger partial charge < -0.3 is 5.32 Å². The van der Waals surface area contributed by atoms with Crippen LogP contribution in [0.3, 0.4) is 0 Å². The molecule has 0 aromatic heterocycles. The lowest BCUT2D eigenvalue weighted by Gasteiger charge is -2.09. The van der Waals surface area contributed by atoms with Crippen LogP contribution in [0.2, 0.25) is 5.02 Å². The molecule has 0 saturated carbocycles. The fourth-order valence-corrected chi connectivity index (χ4v) is 1.33. The standard InChI is InChI=1S/C10H14ClFN4/c1-2-3-14-10(16-13)15-9-5-7(11)4-8(12)6-9/h4-6H,2-3,13H2,1H3,(H2,14,15,16). The van der Waals surface area contributed by atoms with Crippen molar-refractivity contribution < 1.29 is 4.39 Å². The molecular weight excluding hydrogens is 231 g/mol. The van der Waals surface area contributed by atoms with Crippen LogP contribution in [-0.4, -0.2) is 12.5 Å². The highest BCUT2D eigenvalue weighted by atomic mass is 35.5. The molecule has 1 rings (SSSR count). The molecule has 4 nitrogen and oxygen atoms in total. The van der Waals surface area contributed by atoms with E-state index < -0.39 is 5.82 Å². The van der Waals surface area contributed by atoms with Gasteiger partial charge in [0.25, 0.3) is 0 Å². The Kier molecular flexibility index (Phi) is 5.01. The molecule has 88 valence electrons. The minimum atomic E-state index is -0.415. The third kappa shape index (κ3) is 4.04. The molecule has 0 heterocycles. The zero-order valence-electron chi connectivity index (χ0n) is 8.93. The number of nitrogens with zero attached hydrogens (tertiary/aromatic N) is 1. The number of guanidine groups is 1. The number of hydrogen-bond acceptors (Lipinski definition) is 2. The highest BCUT2D eigenvalue weighted by Gasteiger charge is 2.01. The van der Waals surface area contributed by atoms with Crippen LogP contribution >= 0.6 is 11.6 Å². The summed E-state index contributed by atoms with van der Waals surface area (Å²) in [4.78, 5) is 4.12. The van der Waals surface area contributed by atoms with E-state index in [9.17, 15) is 4.39 Å². The van der Waals surface area contributed by atoms with E-state index in [1.54, 1.807) is 6.07 Å². The average molecular weight is 245 g/mol. The lowest BCUT2D eigenvalue weighted by atomic mass is 10.3.